The quantitative estimate of drug-likeness (QED) is 0.291. The van der Waals surface area contributed by atoms with Gasteiger partial charge in [-0.25, -0.2) is 0 Å². The van der Waals surface area contributed by atoms with Crippen LogP contribution in [0.1, 0.15) is 66.7 Å². The van der Waals surface area contributed by atoms with Gasteiger partial charge in [0.1, 0.15) is 28.9 Å². The molecule has 4 atom stereocenters. The molecule has 0 aromatic heterocycles. The van der Waals surface area contributed by atoms with Gasteiger partial charge in [0.05, 0.1) is 5.56 Å². The third kappa shape index (κ3) is 3.34. The third-order valence-corrected chi connectivity index (χ3v) is 7.51. The second-order valence-electron chi connectivity index (χ2n) is 10.7. The summed E-state index contributed by atoms with van der Waals surface area (Å²) in [4.78, 5) is 50.3. The van der Waals surface area contributed by atoms with Crippen LogP contribution in [0.3, 0.4) is 0 Å². The molecule has 3 aliphatic rings. The normalized spacial score (nSPS) is 26.8. The topological polar surface area (TPSA) is 221 Å². The number of allylic oxidation sites excluding steroid dienone is 2. The number of aliphatic hydroxyl groups is 3. The number of amides is 1. The smallest absolute Gasteiger partial charge is 0.325 e. The Bertz CT molecular complexity index is 1320. The predicted molar refractivity (Wildman–Crippen MR) is 124 cm³/mol. The summed E-state index contributed by atoms with van der Waals surface area (Å²) in [5, 5.41) is 53.4. The van der Waals surface area contributed by atoms with E-state index in [9.17, 15) is 44.7 Å². The molecule has 0 fully saturated rings. The fourth-order valence-corrected chi connectivity index (χ4v) is 5.70. The number of phenols is 1. The van der Waals surface area contributed by atoms with E-state index in [2.05, 4.69) is 0 Å². The first-order valence-electron chi connectivity index (χ1n) is 11.4. The molecular weight excluding hydrogens is 472 g/mol. The number of carbonyl (C=O) groups excluding carboxylic acids is 3. The molecule has 11 heteroatoms. The molecule has 3 aliphatic carbocycles. The van der Waals surface area contributed by atoms with E-state index >= 15 is 0 Å². The molecule has 1 amide bonds. The van der Waals surface area contributed by atoms with Gasteiger partial charge in [-0.1, -0.05) is 20.8 Å². The van der Waals surface area contributed by atoms with E-state index in [1.165, 1.54) is 6.07 Å². The Morgan fingerprint density at radius 1 is 1.14 bits per heavy atom. The van der Waals surface area contributed by atoms with Crippen molar-refractivity contribution < 1.29 is 44.7 Å². The van der Waals surface area contributed by atoms with Crippen LogP contribution < -0.4 is 11.5 Å². The number of carboxylic acid groups (broad SMARTS) is 1. The molecule has 0 saturated carbocycles. The van der Waals surface area contributed by atoms with E-state index < -0.39 is 75.2 Å². The Hall–Kier alpha value is -3.70. The monoisotopic (exact) mass is 500 g/mol. The molecule has 36 heavy (non-hydrogen) atoms. The molecule has 0 spiro atoms. The summed E-state index contributed by atoms with van der Waals surface area (Å²) in [5.41, 5.74) is 6.90. The van der Waals surface area contributed by atoms with E-state index in [1.54, 1.807) is 20.8 Å². The van der Waals surface area contributed by atoms with E-state index in [1.807, 2.05) is 0 Å². The van der Waals surface area contributed by atoms with Crippen molar-refractivity contribution >= 4 is 23.4 Å². The molecule has 11 nitrogen and oxygen atoms in total. The van der Waals surface area contributed by atoms with Gasteiger partial charge in [-0.2, -0.15) is 0 Å². The standard InChI is InChI=1S/C25H28N2O9/c1-24(2,3)12-7-11(17(26)23(34)35)10-5-8-4-9-6-13(28)16(22(27)33)21(32)25(9,36)20(31)14(8)19(30)15(10)18(12)29/h7-9,17,28-29,31,36H,4-6,26H2,1-3H3,(H2,27,33)(H,34,35)/t8-,9+,17?,25+/m1/s1. The molecule has 0 radical (unpaired) electrons. The predicted octanol–water partition coefficient (Wildman–Crippen LogP) is 0.962. The Labute approximate surface area is 205 Å². The molecule has 1 aromatic carbocycles. The van der Waals surface area contributed by atoms with Gasteiger partial charge in [0.25, 0.3) is 5.91 Å². The number of rotatable bonds is 3. The molecule has 0 saturated heterocycles. The third-order valence-electron chi connectivity index (χ3n) is 7.51. The average Bonchev–Trinajstić information content (AvgIpc) is 2.74. The Morgan fingerprint density at radius 2 is 1.75 bits per heavy atom. The maximum Gasteiger partial charge on any atom is 0.325 e. The van der Waals surface area contributed by atoms with Gasteiger partial charge in [-0.05, 0) is 41.4 Å². The van der Waals surface area contributed by atoms with Crippen molar-refractivity contribution in [3.05, 3.63) is 51.0 Å². The molecule has 0 aliphatic heterocycles. The molecule has 1 aromatic rings. The molecule has 0 heterocycles. The number of phenolic OH excluding ortho intramolecular Hbond substituents is 1. The van der Waals surface area contributed by atoms with Gasteiger partial charge in [-0.3, -0.25) is 19.2 Å². The van der Waals surface area contributed by atoms with E-state index in [0.29, 0.717) is 0 Å². The van der Waals surface area contributed by atoms with Gasteiger partial charge >= 0.3 is 5.97 Å². The van der Waals surface area contributed by atoms with Crippen LogP contribution in [-0.4, -0.2) is 54.6 Å². The van der Waals surface area contributed by atoms with E-state index in [0.717, 1.165) is 0 Å². The highest BCUT2D eigenvalue weighted by Gasteiger charge is 2.59. The minimum Gasteiger partial charge on any atom is -0.511 e. The number of aliphatic hydroxyl groups excluding tert-OH is 2. The summed E-state index contributed by atoms with van der Waals surface area (Å²) in [6.45, 7) is 5.24. The second-order valence-corrected chi connectivity index (χ2v) is 10.7. The Balaban J connectivity index is 1.99. The number of hydrogen-bond acceptors (Lipinski definition) is 9. The van der Waals surface area contributed by atoms with Crippen LogP contribution in [0.4, 0.5) is 0 Å². The van der Waals surface area contributed by atoms with Gasteiger partial charge in [-0.15, -0.1) is 0 Å². The number of aliphatic carboxylic acids is 1. The van der Waals surface area contributed by atoms with Crippen molar-refractivity contribution in [1.29, 1.82) is 0 Å². The highest BCUT2D eigenvalue weighted by atomic mass is 16.4. The minimum absolute atomic E-state index is 0.0251. The summed E-state index contributed by atoms with van der Waals surface area (Å²) < 4.78 is 0. The summed E-state index contributed by atoms with van der Waals surface area (Å²) in [6.07, 6.45) is -0.444. The number of nitrogens with two attached hydrogens (primary N) is 2. The van der Waals surface area contributed by atoms with Crippen molar-refractivity contribution in [2.24, 2.45) is 23.3 Å². The number of benzene rings is 1. The lowest BCUT2D eigenvalue weighted by Crippen LogP contribution is -2.57. The number of aromatic hydroxyl groups is 1. The van der Waals surface area contributed by atoms with Gasteiger partial charge in [0.15, 0.2) is 11.4 Å². The fourth-order valence-electron chi connectivity index (χ4n) is 5.70. The Morgan fingerprint density at radius 3 is 2.28 bits per heavy atom. The van der Waals surface area contributed by atoms with Crippen LogP contribution in [0.2, 0.25) is 0 Å². The fraction of sp³-hybridized carbons (Fsp3) is 0.440. The summed E-state index contributed by atoms with van der Waals surface area (Å²) in [6, 6.07) is -0.0412. The molecule has 0 bridgehead atoms. The summed E-state index contributed by atoms with van der Waals surface area (Å²) in [7, 11) is 0. The summed E-state index contributed by atoms with van der Waals surface area (Å²) >= 11 is 0. The zero-order valence-corrected chi connectivity index (χ0v) is 20.0. The summed E-state index contributed by atoms with van der Waals surface area (Å²) in [5.74, 6) is -8.72. The molecule has 1 unspecified atom stereocenters. The molecular formula is C25H28N2O9. The second kappa shape index (κ2) is 7.90. The molecule has 192 valence electrons. The number of Topliss-reactive ketones (excluding diaryl/α,β-unsaturated/α-hetero) is 2. The van der Waals surface area contributed by atoms with Crippen molar-refractivity contribution in [2.75, 3.05) is 0 Å². The first-order chi connectivity index (χ1) is 16.5. The number of carbonyl (C=O) groups is 4. The van der Waals surface area contributed by atoms with E-state index in [4.69, 9.17) is 11.5 Å². The van der Waals surface area contributed by atoms with E-state index in [-0.39, 0.29) is 47.1 Å². The SMILES string of the molecule is CC(C)(C)c1cc(C(N)C(=O)O)c2c(c1O)C(=O)C1=C(O)[C@]3(O)C(=O)C(C(N)=O)=C(O)C[C@@H]3C[C@@H]1C2. The average molecular weight is 501 g/mol. The number of carboxylic acids is 1. The Kier molecular flexibility index (Phi) is 5.57. The number of ketones is 2. The van der Waals surface area contributed by atoms with Crippen LogP contribution in [-0.2, 0) is 26.2 Å². The zero-order valence-electron chi connectivity index (χ0n) is 20.0. The maximum absolute atomic E-state index is 13.8. The molecule has 4 rings (SSSR count). The maximum atomic E-state index is 13.8. The van der Waals surface area contributed by atoms with Crippen molar-refractivity contribution in [1.82, 2.24) is 0 Å². The molecule has 9 N–H and O–H groups in total. The van der Waals surface area contributed by atoms with Crippen molar-refractivity contribution in [3.63, 3.8) is 0 Å². The van der Waals surface area contributed by atoms with Crippen LogP contribution in [0, 0.1) is 11.8 Å². The van der Waals surface area contributed by atoms with Crippen LogP contribution >= 0.6 is 0 Å². The highest BCUT2D eigenvalue weighted by molar-refractivity contribution is 6.24. The lowest BCUT2D eigenvalue weighted by molar-refractivity contribution is -0.144. The lowest BCUT2D eigenvalue weighted by Gasteiger charge is -2.46. The van der Waals surface area contributed by atoms with Crippen LogP contribution in [0.15, 0.2) is 28.7 Å². The van der Waals surface area contributed by atoms with Gasteiger partial charge < -0.3 is 37.0 Å². The van der Waals surface area contributed by atoms with Gasteiger partial charge in [0, 0.05) is 23.5 Å². The van der Waals surface area contributed by atoms with Gasteiger partial charge in [0.2, 0.25) is 5.78 Å². The highest BCUT2D eigenvalue weighted by Crippen LogP contribution is 2.53. The van der Waals surface area contributed by atoms with Crippen molar-refractivity contribution in [3.8, 4) is 5.75 Å². The number of hydrogen-bond donors (Lipinski definition) is 7. The van der Waals surface area contributed by atoms with Crippen LogP contribution in [0.5, 0.6) is 5.75 Å². The first-order valence-corrected chi connectivity index (χ1v) is 11.4. The largest absolute Gasteiger partial charge is 0.511 e. The van der Waals surface area contributed by atoms with Crippen molar-refractivity contribution in [2.45, 2.75) is 57.1 Å². The lowest BCUT2D eigenvalue weighted by atomic mass is 9.59. The number of primary amides is 1. The zero-order chi connectivity index (χ0) is 27.1. The first kappa shape index (κ1) is 25.4. The van der Waals surface area contributed by atoms with Crippen LogP contribution in [0.25, 0.3) is 0 Å². The number of fused-ring (bicyclic) bond motifs is 3. The minimum atomic E-state index is -2.67.